The van der Waals surface area contributed by atoms with E-state index in [0.29, 0.717) is 22.8 Å². The van der Waals surface area contributed by atoms with Gasteiger partial charge in [-0.05, 0) is 64.0 Å². The molecule has 1 aromatic carbocycles. The van der Waals surface area contributed by atoms with Gasteiger partial charge in [-0.3, -0.25) is 0 Å². The van der Waals surface area contributed by atoms with Crippen LogP contribution in [0.25, 0.3) is 5.57 Å². The summed E-state index contributed by atoms with van der Waals surface area (Å²) < 4.78 is 26.7. The monoisotopic (exact) mass is 380 g/mol. The molecule has 3 rings (SSSR count). The third-order valence-corrected chi connectivity index (χ3v) is 5.14. The van der Waals surface area contributed by atoms with Gasteiger partial charge in [-0.15, -0.1) is 0 Å². The van der Waals surface area contributed by atoms with Gasteiger partial charge >= 0.3 is 7.12 Å². The molecule has 0 unspecified atom stereocenters. The van der Waals surface area contributed by atoms with Gasteiger partial charge in [0.1, 0.15) is 17.5 Å². The smallest absolute Gasteiger partial charge is 0.398 e. The van der Waals surface area contributed by atoms with Gasteiger partial charge in [-0.1, -0.05) is 12.1 Å². The molecule has 1 N–H and O–H groups in total. The quantitative estimate of drug-likeness (QED) is 0.791. The van der Waals surface area contributed by atoms with Crippen LogP contribution in [0.15, 0.2) is 42.3 Å². The van der Waals surface area contributed by atoms with Crippen LogP contribution in [0.5, 0.6) is 0 Å². The van der Waals surface area contributed by atoms with Gasteiger partial charge in [0, 0.05) is 11.9 Å². The van der Waals surface area contributed by atoms with Crippen LogP contribution in [0.1, 0.15) is 45.9 Å². The maximum absolute atomic E-state index is 15.1. The number of hydrogen-bond acceptors (Lipinski definition) is 6. The minimum absolute atomic E-state index is 0.261. The molecule has 0 amide bonds. The molecule has 2 aromatic rings. The van der Waals surface area contributed by atoms with Crippen molar-refractivity contribution in [1.82, 2.24) is 9.97 Å². The normalized spacial score (nSPS) is 18.4. The molecule has 1 aliphatic heterocycles. The Hall–Kier alpha value is -2.76. The van der Waals surface area contributed by atoms with E-state index in [1.807, 2.05) is 39.8 Å². The Morgan fingerprint density at radius 1 is 1.18 bits per heavy atom. The van der Waals surface area contributed by atoms with Crippen molar-refractivity contribution in [2.24, 2.45) is 0 Å². The molecule has 0 radical (unpaired) electrons. The molecule has 0 spiro atoms. The molecule has 1 aliphatic rings. The number of anilines is 2. The summed E-state index contributed by atoms with van der Waals surface area (Å²) in [6.07, 6.45) is 1.50. The number of hydrogen-bond donors (Lipinski definition) is 1. The third-order valence-electron chi connectivity index (χ3n) is 5.14. The van der Waals surface area contributed by atoms with Crippen molar-refractivity contribution in [1.29, 1.82) is 5.26 Å². The molecule has 0 aliphatic carbocycles. The molecule has 1 aromatic heterocycles. The minimum Gasteiger partial charge on any atom is -0.398 e. The first-order chi connectivity index (χ1) is 13.1. The van der Waals surface area contributed by atoms with Crippen LogP contribution in [0.3, 0.4) is 0 Å². The van der Waals surface area contributed by atoms with Crippen LogP contribution in [0, 0.1) is 11.3 Å². The van der Waals surface area contributed by atoms with Crippen LogP contribution >= 0.6 is 0 Å². The summed E-state index contributed by atoms with van der Waals surface area (Å²) >= 11 is 0. The van der Waals surface area contributed by atoms with Gasteiger partial charge in [0.15, 0.2) is 0 Å². The van der Waals surface area contributed by atoms with Gasteiger partial charge in [-0.25, -0.2) is 14.4 Å². The zero-order valence-electron chi connectivity index (χ0n) is 16.6. The number of allylic oxidation sites excluding steroid dienone is 1. The maximum atomic E-state index is 15.1. The van der Waals surface area contributed by atoms with E-state index in [4.69, 9.17) is 14.6 Å². The van der Waals surface area contributed by atoms with Crippen molar-refractivity contribution in [3.63, 3.8) is 0 Å². The second-order valence-corrected chi connectivity index (χ2v) is 7.64. The molecule has 0 saturated carbocycles. The fourth-order valence-electron chi connectivity index (χ4n) is 2.70. The Morgan fingerprint density at radius 2 is 1.86 bits per heavy atom. The summed E-state index contributed by atoms with van der Waals surface area (Å²) in [5, 5.41) is 12.0. The van der Waals surface area contributed by atoms with Crippen LogP contribution in [-0.4, -0.2) is 28.3 Å². The molecule has 0 atom stereocenters. The highest BCUT2D eigenvalue weighted by atomic mass is 19.1. The molecule has 28 heavy (non-hydrogen) atoms. The van der Waals surface area contributed by atoms with Crippen molar-refractivity contribution < 1.29 is 13.7 Å². The fraction of sp³-hybridized carbons (Fsp3) is 0.350. The standard InChI is InChI=1S/C20H22BFN4O2/c1-13(17(22)21-27-19(2,3)20(4,5)28-21)14-7-6-8-15(11-14)25-18-24-10-9-16(12-23)26-18/h6-11H,1-5H3,(H,24,25,26). The minimum atomic E-state index is -1.04. The first-order valence-corrected chi connectivity index (χ1v) is 8.95. The number of nitriles is 1. The summed E-state index contributed by atoms with van der Waals surface area (Å²) in [7, 11) is -1.04. The second kappa shape index (κ2) is 7.34. The Balaban J connectivity index is 1.85. The third kappa shape index (κ3) is 3.91. The zero-order chi connectivity index (χ0) is 20.5. The van der Waals surface area contributed by atoms with Crippen molar-refractivity contribution in [2.75, 3.05) is 5.32 Å². The molecule has 6 nitrogen and oxygen atoms in total. The predicted molar refractivity (Wildman–Crippen MR) is 106 cm³/mol. The lowest BCUT2D eigenvalue weighted by Crippen LogP contribution is -2.41. The zero-order valence-corrected chi connectivity index (χ0v) is 16.6. The summed E-state index contributed by atoms with van der Waals surface area (Å²) in [6.45, 7) is 9.22. The van der Waals surface area contributed by atoms with E-state index in [1.165, 1.54) is 12.3 Å². The first kappa shape index (κ1) is 20.0. The molecular weight excluding hydrogens is 358 g/mol. The highest BCUT2D eigenvalue weighted by molar-refractivity contribution is 6.55. The fourth-order valence-corrected chi connectivity index (χ4v) is 2.70. The number of aromatic nitrogens is 2. The maximum Gasteiger partial charge on any atom is 0.525 e. The van der Waals surface area contributed by atoms with Crippen LogP contribution < -0.4 is 5.32 Å². The van der Waals surface area contributed by atoms with Gasteiger partial charge < -0.3 is 14.6 Å². The highest BCUT2D eigenvalue weighted by Crippen LogP contribution is 2.40. The molecule has 1 fully saturated rings. The van der Waals surface area contributed by atoms with Crippen LogP contribution in [0.2, 0.25) is 0 Å². The number of nitrogens with zero attached hydrogens (tertiary/aromatic N) is 3. The van der Waals surface area contributed by atoms with Gasteiger partial charge in [0.2, 0.25) is 5.95 Å². The predicted octanol–water partition coefficient (Wildman–Crippen LogP) is 4.42. The van der Waals surface area contributed by atoms with E-state index in [-0.39, 0.29) is 5.69 Å². The summed E-state index contributed by atoms with van der Waals surface area (Å²) in [6, 6.07) is 10.7. The lowest BCUT2D eigenvalue weighted by atomic mass is 9.83. The summed E-state index contributed by atoms with van der Waals surface area (Å²) in [4.78, 5) is 8.17. The number of halogens is 1. The molecule has 144 valence electrons. The van der Waals surface area contributed by atoms with Crippen molar-refractivity contribution >= 4 is 24.3 Å². The van der Waals surface area contributed by atoms with Crippen LogP contribution in [0.4, 0.5) is 16.0 Å². The Kier molecular flexibility index (Phi) is 5.24. The largest absolute Gasteiger partial charge is 0.525 e. The van der Waals surface area contributed by atoms with Crippen molar-refractivity contribution in [2.45, 2.75) is 45.8 Å². The lowest BCUT2D eigenvalue weighted by molar-refractivity contribution is 0.00578. The summed E-state index contributed by atoms with van der Waals surface area (Å²) in [5.41, 5.74) is 0.357. The van der Waals surface area contributed by atoms with E-state index in [1.54, 1.807) is 25.1 Å². The van der Waals surface area contributed by atoms with E-state index >= 15 is 4.39 Å². The molecule has 8 heteroatoms. The van der Waals surface area contributed by atoms with Gasteiger partial charge in [-0.2, -0.15) is 5.26 Å². The highest BCUT2D eigenvalue weighted by Gasteiger charge is 2.53. The van der Waals surface area contributed by atoms with E-state index < -0.39 is 24.0 Å². The number of rotatable bonds is 4. The SMILES string of the molecule is CC(=C(F)B1OC(C)(C)C(C)(C)O1)c1cccc(Nc2nccc(C#N)n2)c1. The number of nitrogens with one attached hydrogen (secondary N) is 1. The molecule has 1 saturated heterocycles. The lowest BCUT2D eigenvalue weighted by Gasteiger charge is -2.32. The van der Waals surface area contributed by atoms with E-state index in [9.17, 15) is 0 Å². The second-order valence-electron chi connectivity index (χ2n) is 7.64. The Labute approximate surface area is 164 Å². The van der Waals surface area contributed by atoms with Crippen molar-refractivity contribution in [3.8, 4) is 6.07 Å². The average molecular weight is 380 g/mol. The van der Waals surface area contributed by atoms with E-state index in [2.05, 4.69) is 15.3 Å². The topological polar surface area (TPSA) is 80.1 Å². The molecular formula is C20H22BFN4O2. The average Bonchev–Trinajstić information content (AvgIpc) is 2.88. The van der Waals surface area contributed by atoms with Gasteiger partial charge in [0.05, 0.1) is 11.2 Å². The van der Waals surface area contributed by atoms with E-state index in [0.717, 1.165) is 0 Å². The van der Waals surface area contributed by atoms with Crippen molar-refractivity contribution in [3.05, 3.63) is 53.5 Å². The Bertz CT molecular complexity index is 953. The number of benzene rings is 1. The Morgan fingerprint density at radius 3 is 2.50 bits per heavy atom. The molecule has 0 bridgehead atoms. The van der Waals surface area contributed by atoms with Gasteiger partial charge in [0.25, 0.3) is 0 Å². The van der Waals surface area contributed by atoms with Crippen LogP contribution in [-0.2, 0) is 9.31 Å². The summed E-state index contributed by atoms with van der Waals surface area (Å²) in [5.74, 6) is 0.296. The molecule has 2 heterocycles. The first-order valence-electron chi connectivity index (χ1n) is 8.95.